The van der Waals surface area contributed by atoms with Crippen molar-refractivity contribution in [1.29, 1.82) is 0 Å². The number of aromatic nitrogens is 1. The predicted molar refractivity (Wildman–Crippen MR) is 65.1 cm³/mol. The van der Waals surface area contributed by atoms with Crippen molar-refractivity contribution in [3.63, 3.8) is 0 Å². The lowest BCUT2D eigenvalue weighted by Crippen LogP contribution is -1.98. The van der Waals surface area contributed by atoms with Crippen molar-refractivity contribution in [3.8, 4) is 0 Å². The standard InChI is InChI=1S/C11H10BrNOS/c1-7-2-4-8(5-3-7)10(14)11-13-9(12)6-15-11/h2-6,10,14H,1H3. The molecule has 1 unspecified atom stereocenters. The van der Waals surface area contributed by atoms with E-state index in [-0.39, 0.29) is 0 Å². The molecule has 2 rings (SSSR count). The zero-order valence-electron chi connectivity index (χ0n) is 8.14. The van der Waals surface area contributed by atoms with Gasteiger partial charge in [-0.2, -0.15) is 0 Å². The number of hydrogen-bond acceptors (Lipinski definition) is 3. The van der Waals surface area contributed by atoms with Crippen LogP contribution in [0.5, 0.6) is 0 Å². The third-order valence-corrected chi connectivity index (χ3v) is 3.73. The van der Waals surface area contributed by atoms with E-state index in [0.29, 0.717) is 5.01 Å². The summed E-state index contributed by atoms with van der Waals surface area (Å²) < 4.78 is 0.772. The molecular formula is C11H10BrNOS. The van der Waals surface area contributed by atoms with Gasteiger partial charge in [0.15, 0.2) is 0 Å². The van der Waals surface area contributed by atoms with Crippen LogP contribution in [-0.4, -0.2) is 10.1 Å². The van der Waals surface area contributed by atoms with Crippen LogP contribution in [-0.2, 0) is 0 Å². The van der Waals surface area contributed by atoms with Crippen molar-refractivity contribution in [1.82, 2.24) is 4.98 Å². The quantitative estimate of drug-likeness (QED) is 0.918. The van der Waals surface area contributed by atoms with Crippen LogP contribution < -0.4 is 0 Å². The smallest absolute Gasteiger partial charge is 0.131 e. The average molecular weight is 284 g/mol. The fourth-order valence-corrected chi connectivity index (χ4v) is 2.56. The molecule has 2 nitrogen and oxygen atoms in total. The molecular weight excluding hydrogens is 274 g/mol. The number of nitrogens with zero attached hydrogens (tertiary/aromatic N) is 1. The van der Waals surface area contributed by atoms with Crippen LogP contribution in [0.3, 0.4) is 0 Å². The van der Waals surface area contributed by atoms with Crippen LogP contribution >= 0.6 is 27.3 Å². The highest BCUT2D eigenvalue weighted by Crippen LogP contribution is 2.26. The van der Waals surface area contributed by atoms with E-state index in [2.05, 4.69) is 20.9 Å². The first-order valence-electron chi connectivity index (χ1n) is 4.52. The van der Waals surface area contributed by atoms with Crippen LogP contribution in [0.2, 0.25) is 0 Å². The van der Waals surface area contributed by atoms with Crippen molar-refractivity contribution >= 4 is 27.3 Å². The van der Waals surface area contributed by atoms with Crippen molar-refractivity contribution in [2.75, 3.05) is 0 Å². The molecule has 0 bridgehead atoms. The molecule has 0 aliphatic carbocycles. The van der Waals surface area contributed by atoms with Crippen molar-refractivity contribution < 1.29 is 5.11 Å². The van der Waals surface area contributed by atoms with E-state index >= 15 is 0 Å². The fraction of sp³-hybridized carbons (Fsp3) is 0.182. The number of aliphatic hydroxyl groups excluding tert-OH is 1. The molecule has 1 heterocycles. The van der Waals surface area contributed by atoms with Gasteiger partial charge in [-0.15, -0.1) is 11.3 Å². The molecule has 0 radical (unpaired) electrons. The maximum absolute atomic E-state index is 10.0. The van der Waals surface area contributed by atoms with Crippen LogP contribution in [0.4, 0.5) is 0 Å². The Hall–Kier alpha value is -0.710. The van der Waals surface area contributed by atoms with E-state index in [1.54, 1.807) is 0 Å². The highest BCUT2D eigenvalue weighted by Gasteiger charge is 2.13. The molecule has 2 aromatic rings. The van der Waals surface area contributed by atoms with Crippen molar-refractivity contribution in [2.45, 2.75) is 13.0 Å². The first-order valence-corrected chi connectivity index (χ1v) is 6.19. The molecule has 4 heteroatoms. The van der Waals surface area contributed by atoms with Gasteiger partial charge in [-0.1, -0.05) is 29.8 Å². The summed E-state index contributed by atoms with van der Waals surface area (Å²) in [5.41, 5.74) is 2.06. The van der Waals surface area contributed by atoms with Crippen molar-refractivity contribution in [3.05, 3.63) is 50.4 Å². The van der Waals surface area contributed by atoms with Gasteiger partial charge in [-0.3, -0.25) is 0 Å². The minimum Gasteiger partial charge on any atom is -0.381 e. The summed E-state index contributed by atoms with van der Waals surface area (Å²) in [6.45, 7) is 2.02. The largest absolute Gasteiger partial charge is 0.381 e. The predicted octanol–water partition coefficient (Wildman–Crippen LogP) is 3.30. The molecule has 78 valence electrons. The summed E-state index contributed by atoms with van der Waals surface area (Å²) in [7, 11) is 0. The first-order chi connectivity index (χ1) is 7.16. The van der Waals surface area contributed by atoms with E-state index in [1.165, 1.54) is 16.9 Å². The number of benzene rings is 1. The second-order valence-corrected chi connectivity index (χ2v) is 5.02. The minimum absolute atomic E-state index is 0.623. The van der Waals surface area contributed by atoms with Gasteiger partial charge in [0.2, 0.25) is 0 Å². The Kier molecular flexibility index (Phi) is 3.19. The van der Waals surface area contributed by atoms with Gasteiger partial charge in [-0.05, 0) is 28.4 Å². The molecule has 0 amide bonds. The Bertz CT molecular complexity index is 452. The zero-order valence-corrected chi connectivity index (χ0v) is 10.5. The lowest BCUT2D eigenvalue weighted by atomic mass is 10.1. The molecule has 1 aromatic carbocycles. The molecule has 15 heavy (non-hydrogen) atoms. The number of aryl methyl sites for hydroxylation is 1. The highest BCUT2D eigenvalue weighted by atomic mass is 79.9. The van der Waals surface area contributed by atoms with E-state index in [0.717, 1.165) is 10.2 Å². The SMILES string of the molecule is Cc1ccc(C(O)c2nc(Br)cs2)cc1. The maximum Gasteiger partial charge on any atom is 0.131 e. The summed E-state index contributed by atoms with van der Waals surface area (Å²) in [5.74, 6) is 0. The molecule has 0 saturated carbocycles. The second-order valence-electron chi connectivity index (χ2n) is 3.32. The maximum atomic E-state index is 10.0. The summed E-state index contributed by atoms with van der Waals surface area (Å²) in [6, 6.07) is 7.83. The monoisotopic (exact) mass is 283 g/mol. The van der Waals surface area contributed by atoms with Gasteiger partial charge >= 0.3 is 0 Å². The molecule has 1 atom stereocenters. The molecule has 1 aromatic heterocycles. The fourth-order valence-electron chi connectivity index (χ4n) is 1.28. The Morgan fingerprint density at radius 1 is 1.33 bits per heavy atom. The Morgan fingerprint density at radius 3 is 2.53 bits per heavy atom. The minimum atomic E-state index is -0.623. The Balaban J connectivity index is 2.28. The number of aliphatic hydroxyl groups is 1. The molecule has 0 spiro atoms. The summed E-state index contributed by atoms with van der Waals surface area (Å²) >= 11 is 4.72. The molecule has 0 saturated heterocycles. The molecule has 0 aliphatic heterocycles. The topological polar surface area (TPSA) is 33.1 Å². The van der Waals surface area contributed by atoms with Crippen LogP contribution in [0.25, 0.3) is 0 Å². The highest BCUT2D eigenvalue weighted by molar-refractivity contribution is 9.10. The zero-order chi connectivity index (χ0) is 10.8. The van der Waals surface area contributed by atoms with Crippen LogP contribution in [0.1, 0.15) is 22.2 Å². The molecule has 0 aliphatic rings. The number of rotatable bonds is 2. The van der Waals surface area contributed by atoms with Crippen molar-refractivity contribution in [2.24, 2.45) is 0 Å². The van der Waals surface area contributed by atoms with Gasteiger partial charge in [0.1, 0.15) is 15.7 Å². The van der Waals surface area contributed by atoms with E-state index in [4.69, 9.17) is 0 Å². The lowest BCUT2D eigenvalue weighted by Gasteiger charge is -2.07. The summed E-state index contributed by atoms with van der Waals surface area (Å²) in [6.07, 6.45) is -0.623. The van der Waals surface area contributed by atoms with Gasteiger partial charge in [-0.25, -0.2) is 4.98 Å². The van der Waals surface area contributed by atoms with Gasteiger partial charge < -0.3 is 5.11 Å². The third kappa shape index (κ3) is 2.45. The van der Waals surface area contributed by atoms with Crippen LogP contribution in [0.15, 0.2) is 34.2 Å². The molecule has 1 N–H and O–H groups in total. The third-order valence-electron chi connectivity index (χ3n) is 2.12. The van der Waals surface area contributed by atoms with E-state index in [9.17, 15) is 5.11 Å². The Labute approximate surface area is 101 Å². The summed E-state index contributed by atoms with van der Waals surface area (Å²) in [5, 5.41) is 12.6. The van der Waals surface area contributed by atoms with Gasteiger partial charge in [0.25, 0.3) is 0 Å². The number of hydrogen-bond donors (Lipinski definition) is 1. The normalized spacial score (nSPS) is 12.7. The van der Waals surface area contributed by atoms with Gasteiger partial charge in [0.05, 0.1) is 0 Å². The first kappa shape index (κ1) is 10.8. The summed E-state index contributed by atoms with van der Waals surface area (Å²) in [4.78, 5) is 4.19. The van der Waals surface area contributed by atoms with E-state index in [1.807, 2.05) is 36.6 Å². The number of thiazole rings is 1. The van der Waals surface area contributed by atoms with Gasteiger partial charge in [0, 0.05) is 5.38 Å². The number of halogens is 1. The second kappa shape index (κ2) is 4.43. The molecule has 0 fully saturated rings. The van der Waals surface area contributed by atoms with Crippen LogP contribution in [0, 0.1) is 6.92 Å². The lowest BCUT2D eigenvalue weighted by molar-refractivity contribution is 0.219. The Morgan fingerprint density at radius 2 is 2.00 bits per heavy atom. The van der Waals surface area contributed by atoms with E-state index < -0.39 is 6.10 Å². The average Bonchev–Trinajstić information content (AvgIpc) is 2.65.